The van der Waals surface area contributed by atoms with Gasteiger partial charge in [-0.3, -0.25) is 4.90 Å². The molecule has 0 aliphatic carbocycles. The third kappa shape index (κ3) is 4.24. The monoisotopic (exact) mass is 254 g/mol. The molecule has 1 aliphatic rings. The summed E-state index contributed by atoms with van der Waals surface area (Å²) in [6.45, 7) is 17.7. The van der Waals surface area contributed by atoms with E-state index < -0.39 is 0 Å². The predicted octanol–water partition coefficient (Wildman–Crippen LogP) is 3.52. The van der Waals surface area contributed by atoms with Gasteiger partial charge in [-0.15, -0.1) is 0 Å². The fourth-order valence-electron chi connectivity index (χ4n) is 2.90. The molecule has 2 heteroatoms. The van der Waals surface area contributed by atoms with Gasteiger partial charge in [0, 0.05) is 31.2 Å². The Morgan fingerprint density at radius 1 is 1.28 bits per heavy atom. The highest BCUT2D eigenvalue weighted by Crippen LogP contribution is 2.26. The van der Waals surface area contributed by atoms with Crippen LogP contribution in [0.4, 0.5) is 0 Å². The van der Waals surface area contributed by atoms with Crippen molar-refractivity contribution in [2.24, 2.45) is 11.8 Å². The zero-order chi connectivity index (χ0) is 13.8. The predicted molar refractivity (Wildman–Crippen MR) is 81.0 cm³/mol. The van der Waals surface area contributed by atoms with Crippen LogP contribution in [0, 0.1) is 11.8 Å². The third-order valence-corrected chi connectivity index (χ3v) is 4.72. The van der Waals surface area contributed by atoms with Crippen LogP contribution in [0.2, 0.25) is 0 Å². The van der Waals surface area contributed by atoms with E-state index in [1.54, 1.807) is 0 Å². The minimum Gasteiger partial charge on any atom is -0.311 e. The molecule has 3 atom stereocenters. The minimum atomic E-state index is 0.358. The van der Waals surface area contributed by atoms with E-state index in [1.807, 2.05) is 0 Å². The summed E-state index contributed by atoms with van der Waals surface area (Å²) >= 11 is 0. The van der Waals surface area contributed by atoms with Gasteiger partial charge < -0.3 is 5.32 Å². The van der Waals surface area contributed by atoms with Gasteiger partial charge in [0.2, 0.25) is 0 Å². The number of nitrogens with zero attached hydrogens (tertiary/aromatic N) is 1. The van der Waals surface area contributed by atoms with Crippen molar-refractivity contribution >= 4 is 0 Å². The normalized spacial score (nSPS) is 31.8. The largest absolute Gasteiger partial charge is 0.311 e. The molecule has 1 rings (SSSR count). The summed E-state index contributed by atoms with van der Waals surface area (Å²) in [5, 5.41) is 3.77. The SMILES string of the molecule is CCC(C)CN1CC(CC(C)C)NCC1(C)CC. The number of rotatable bonds is 6. The first kappa shape index (κ1) is 16.0. The number of hydrogen-bond donors (Lipinski definition) is 1. The molecule has 0 aromatic rings. The zero-order valence-electron chi connectivity index (χ0n) is 13.4. The van der Waals surface area contributed by atoms with Gasteiger partial charge in [-0.2, -0.15) is 0 Å². The van der Waals surface area contributed by atoms with Crippen molar-refractivity contribution in [3.05, 3.63) is 0 Å². The summed E-state index contributed by atoms with van der Waals surface area (Å²) in [6.07, 6.45) is 3.83. The van der Waals surface area contributed by atoms with E-state index in [-0.39, 0.29) is 0 Å². The van der Waals surface area contributed by atoms with Crippen molar-refractivity contribution in [1.29, 1.82) is 0 Å². The van der Waals surface area contributed by atoms with Crippen LogP contribution in [0.15, 0.2) is 0 Å². The molecule has 0 amide bonds. The summed E-state index contributed by atoms with van der Waals surface area (Å²) < 4.78 is 0. The molecule has 0 aromatic carbocycles. The van der Waals surface area contributed by atoms with Gasteiger partial charge in [-0.25, -0.2) is 0 Å². The highest BCUT2D eigenvalue weighted by molar-refractivity contribution is 4.95. The van der Waals surface area contributed by atoms with Gasteiger partial charge in [0.05, 0.1) is 0 Å². The number of nitrogens with one attached hydrogen (secondary N) is 1. The zero-order valence-corrected chi connectivity index (χ0v) is 13.4. The second kappa shape index (κ2) is 6.91. The van der Waals surface area contributed by atoms with Crippen LogP contribution < -0.4 is 5.32 Å². The average Bonchev–Trinajstić information content (AvgIpc) is 2.32. The highest BCUT2D eigenvalue weighted by Gasteiger charge is 2.36. The third-order valence-electron chi connectivity index (χ3n) is 4.72. The lowest BCUT2D eigenvalue weighted by Gasteiger charge is -2.49. The van der Waals surface area contributed by atoms with Gasteiger partial charge in [-0.05, 0) is 31.6 Å². The van der Waals surface area contributed by atoms with E-state index in [4.69, 9.17) is 0 Å². The molecule has 1 fully saturated rings. The minimum absolute atomic E-state index is 0.358. The molecule has 2 nitrogen and oxygen atoms in total. The molecule has 0 bridgehead atoms. The Kier molecular flexibility index (Phi) is 6.13. The van der Waals surface area contributed by atoms with Crippen LogP contribution in [0.5, 0.6) is 0 Å². The van der Waals surface area contributed by atoms with Crippen molar-refractivity contribution < 1.29 is 0 Å². The van der Waals surface area contributed by atoms with Gasteiger partial charge in [0.1, 0.15) is 0 Å². The Bertz CT molecular complexity index is 239. The van der Waals surface area contributed by atoms with Crippen LogP contribution >= 0.6 is 0 Å². The van der Waals surface area contributed by atoms with Crippen LogP contribution in [-0.4, -0.2) is 36.1 Å². The first-order valence-electron chi connectivity index (χ1n) is 7.89. The highest BCUT2D eigenvalue weighted by atomic mass is 15.3. The van der Waals surface area contributed by atoms with Crippen LogP contribution in [0.3, 0.4) is 0 Å². The van der Waals surface area contributed by atoms with Gasteiger partial charge in [-0.1, -0.05) is 41.0 Å². The second-order valence-electron chi connectivity index (χ2n) is 6.98. The van der Waals surface area contributed by atoms with E-state index in [2.05, 4.69) is 51.8 Å². The maximum absolute atomic E-state index is 3.77. The Morgan fingerprint density at radius 3 is 2.44 bits per heavy atom. The molecule has 1 saturated heterocycles. The maximum atomic E-state index is 3.77. The summed E-state index contributed by atoms with van der Waals surface area (Å²) in [5.41, 5.74) is 0.358. The number of piperazine rings is 1. The molecule has 0 aromatic heterocycles. The molecule has 0 radical (unpaired) electrons. The molecular weight excluding hydrogens is 220 g/mol. The second-order valence-corrected chi connectivity index (χ2v) is 6.98. The van der Waals surface area contributed by atoms with Gasteiger partial charge in [0.25, 0.3) is 0 Å². The lowest BCUT2D eigenvalue weighted by molar-refractivity contribution is 0.0323. The Balaban J connectivity index is 2.64. The Morgan fingerprint density at radius 2 is 1.94 bits per heavy atom. The van der Waals surface area contributed by atoms with Gasteiger partial charge in [0.15, 0.2) is 0 Å². The Labute approximate surface area is 115 Å². The van der Waals surface area contributed by atoms with Crippen LogP contribution in [0.1, 0.15) is 60.8 Å². The molecule has 18 heavy (non-hydrogen) atoms. The van der Waals surface area contributed by atoms with Crippen LogP contribution in [0.25, 0.3) is 0 Å². The van der Waals surface area contributed by atoms with Crippen molar-refractivity contribution in [3.8, 4) is 0 Å². The first-order chi connectivity index (χ1) is 8.41. The quantitative estimate of drug-likeness (QED) is 0.780. The smallest absolute Gasteiger partial charge is 0.0304 e. The summed E-state index contributed by atoms with van der Waals surface area (Å²) in [6, 6.07) is 0.689. The lowest BCUT2D eigenvalue weighted by atomic mass is 9.88. The fourth-order valence-corrected chi connectivity index (χ4v) is 2.90. The molecule has 3 unspecified atom stereocenters. The standard InChI is InChI=1S/C16H34N2/c1-7-14(5)10-18-11-15(9-13(3)4)17-12-16(18,6)8-2/h13-15,17H,7-12H2,1-6H3. The summed E-state index contributed by atoms with van der Waals surface area (Å²) in [7, 11) is 0. The summed E-state index contributed by atoms with van der Waals surface area (Å²) in [5.74, 6) is 1.60. The molecule has 1 aliphatic heterocycles. The summed E-state index contributed by atoms with van der Waals surface area (Å²) in [4.78, 5) is 2.75. The van der Waals surface area contributed by atoms with Crippen LogP contribution in [-0.2, 0) is 0 Å². The van der Waals surface area contributed by atoms with E-state index >= 15 is 0 Å². The molecule has 0 spiro atoms. The van der Waals surface area contributed by atoms with Crippen molar-refractivity contribution in [1.82, 2.24) is 10.2 Å². The molecule has 1 N–H and O–H groups in total. The topological polar surface area (TPSA) is 15.3 Å². The average molecular weight is 254 g/mol. The molecule has 108 valence electrons. The maximum Gasteiger partial charge on any atom is 0.0304 e. The van der Waals surface area contributed by atoms with E-state index in [1.165, 1.54) is 32.4 Å². The van der Waals surface area contributed by atoms with Crippen molar-refractivity contribution in [3.63, 3.8) is 0 Å². The van der Waals surface area contributed by atoms with Gasteiger partial charge >= 0.3 is 0 Å². The lowest BCUT2D eigenvalue weighted by Crippen LogP contribution is -2.63. The molecule has 1 heterocycles. The fraction of sp³-hybridized carbons (Fsp3) is 1.00. The van der Waals surface area contributed by atoms with E-state index in [9.17, 15) is 0 Å². The van der Waals surface area contributed by atoms with E-state index in [0.717, 1.165) is 18.4 Å². The molecule has 0 saturated carbocycles. The number of hydrogen-bond acceptors (Lipinski definition) is 2. The van der Waals surface area contributed by atoms with Crippen molar-refractivity contribution in [2.45, 2.75) is 72.4 Å². The van der Waals surface area contributed by atoms with E-state index in [0.29, 0.717) is 11.6 Å². The van der Waals surface area contributed by atoms with Crippen molar-refractivity contribution in [2.75, 3.05) is 19.6 Å². The molecular formula is C16H34N2. The first-order valence-corrected chi connectivity index (χ1v) is 7.89. The Hall–Kier alpha value is -0.0800.